The number of aldehydes is 1. The molecule has 2 heterocycles. The Balaban J connectivity index is 2.05. The third-order valence-corrected chi connectivity index (χ3v) is 3.27. The van der Waals surface area contributed by atoms with Crippen molar-refractivity contribution in [2.75, 3.05) is 20.2 Å². The van der Waals surface area contributed by atoms with Gasteiger partial charge in [0.25, 0.3) is 5.91 Å². The molecule has 0 N–H and O–H groups in total. The van der Waals surface area contributed by atoms with E-state index in [9.17, 15) is 9.59 Å². The van der Waals surface area contributed by atoms with Gasteiger partial charge in [0.2, 0.25) is 0 Å². The second-order valence-corrected chi connectivity index (χ2v) is 4.61. The normalized spacial score (nSPS) is 14.4. The fourth-order valence-corrected chi connectivity index (χ4v) is 2.15. The lowest BCUT2D eigenvalue weighted by Gasteiger charge is -2.12. The highest BCUT2D eigenvalue weighted by atomic mass is 16.5. The minimum Gasteiger partial charge on any atom is -0.491 e. The zero-order valence-corrected chi connectivity index (χ0v) is 11.0. The average molecular weight is 271 g/mol. The van der Waals surface area contributed by atoms with Gasteiger partial charge in [-0.05, 0) is 30.3 Å². The molecule has 0 atom stereocenters. The number of rotatable bonds is 2. The van der Waals surface area contributed by atoms with Crippen LogP contribution in [0.15, 0.2) is 34.7 Å². The molecule has 1 aliphatic rings. The summed E-state index contributed by atoms with van der Waals surface area (Å²) in [5.41, 5.74) is 1.25. The van der Waals surface area contributed by atoms with Crippen molar-refractivity contribution in [2.45, 2.75) is 0 Å². The van der Waals surface area contributed by atoms with Crippen molar-refractivity contribution < 1.29 is 18.7 Å². The van der Waals surface area contributed by atoms with Crippen LogP contribution in [0.3, 0.4) is 0 Å². The number of benzene rings is 1. The van der Waals surface area contributed by atoms with Gasteiger partial charge in [0.1, 0.15) is 18.1 Å². The summed E-state index contributed by atoms with van der Waals surface area (Å²) in [6.45, 7) is 1.03. The van der Waals surface area contributed by atoms with Gasteiger partial charge in [-0.2, -0.15) is 0 Å². The first-order chi connectivity index (χ1) is 9.69. The van der Waals surface area contributed by atoms with Gasteiger partial charge >= 0.3 is 0 Å². The fraction of sp³-hybridized carbons (Fsp3) is 0.200. The molecule has 0 aliphatic carbocycles. The molecule has 0 unspecified atom stereocenters. The van der Waals surface area contributed by atoms with E-state index < -0.39 is 0 Å². The van der Waals surface area contributed by atoms with Crippen LogP contribution in [0.2, 0.25) is 0 Å². The van der Waals surface area contributed by atoms with Crippen molar-refractivity contribution in [1.29, 1.82) is 0 Å². The molecule has 5 heteroatoms. The lowest BCUT2D eigenvalue weighted by Crippen LogP contribution is -2.27. The Bertz CT molecular complexity index is 674. The molecule has 1 aliphatic heterocycles. The Morgan fingerprint density at radius 2 is 2.10 bits per heavy atom. The van der Waals surface area contributed by atoms with Gasteiger partial charge in [0.05, 0.1) is 12.1 Å². The van der Waals surface area contributed by atoms with E-state index in [0.717, 1.165) is 5.56 Å². The minimum atomic E-state index is -0.0819. The van der Waals surface area contributed by atoms with Crippen LogP contribution < -0.4 is 4.74 Å². The van der Waals surface area contributed by atoms with E-state index in [2.05, 4.69) is 0 Å². The van der Waals surface area contributed by atoms with Gasteiger partial charge in [0, 0.05) is 12.6 Å². The summed E-state index contributed by atoms with van der Waals surface area (Å²) >= 11 is 0. The quantitative estimate of drug-likeness (QED) is 0.786. The molecular weight excluding hydrogens is 258 g/mol. The monoisotopic (exact) mass is 271 g/mol. The molecule has 2 aromatic rings. The summed E-state index contributed by atoms with van der Waals surface area (Å²) in [6, 6.07) is 8.60. The predicted molar refractivity (Wildman–Crippen MR) is 72.0 cm³/mol. The molecule has 0 radical (unpaired) electrons. The third kappa shape index (κ3) is 2.07. The summed E-state index contributed by atoms with van der Waals surface area (Å²) in [5, 5.41) is 0. The minimum absolute atomic E-state index is 0.0819. The molecule has 1 amide bonds. The van der Waals surface area contributed by atoms with Crippen molar-refractivity contribution >= 4 is 12.2 Å². The summed E-state index contributed by atoms with van der Waals surface area (Å²) in [4.78, 5) is 24.5. The highest BCUT2D eigenvalue weighted by Gasteiger charge is 2.21. The van der Waals surface area contributed by atoms with E-state index in [1.165, 1.54) is 0 Å². The number of carbonyl (C=O) groups excluding carboxylic acids is 2. The average Bonchev–Trinajstić information content (AvgIpc) is 2.90. The first kappa shape index (κ1) is 12.5. The number of furan rings is 1. The molecule has 5 nitrogen and oxygen atoms in total. The smallest absolute Gasteiger partial charge is 0.257 e. The SMILES string of the molecule is CN1CCOc2ccc(-c3ccc(C=O)o3)cc2C1=O. The molecule has 1 aromatic heterocycles. The maximum atomic E-state index is 12.2. The predicted octanol–water partition coefficient (Wildman–Crippen LogP) is 2.22. The number of nitrogens with zero attached hydrogens (tertiary/aromatic N) is 1. The van der Waals surface area contributed by atoms with E-state index in [1.54, 1.807) is 36.2 Å². The van der Waals surface area contributed by atoms with Gasteiger partial charge < -0.3 is 14.1 Å². The number of likely N-dealkylation sites (N-methyl/N-ethyl adjacent to an activating group) is 1. The number of hydrogen-bond donors (Lipinski definition) is 0. The maximum Gasteiger partial charge on any atom is 0.257 e. The van der Waals surface area contributed by atoms with E-state index in [0.29, 0.717) is 36.5 Å². The number of fused-ring (bicyclic) bond motifs is 1. The van der Waals surface area contributed by atoms with Gasteiger partial charge in [-0.25, -0.2) is 0 Å². The van der Waals surface area contributed by atoms with Crippen molar-refractivity contribution in [2.24, 2.45) is 0 Å². The second-order valence-electron chi connectivity index (χ2n) is 4.61. The van der Waals surface area contributed by atoms with E-state index in [1.807, 2.05) is 6.07 Å². The van der Waals surface area contributed by atoms with Crippen LogP contribution in [0, 0.1) is 0 Å². The highest BCUT2D eigenvalue weighted by Crippen LogP contribution is 2.29. The fourth-order valence-electron chi connectivity index (χ4n) is 2.15. The summed E-state index contributed by atoms with van der Waals surface area (Å²) < 4.78 is 10.9. The third-order valence-electron chi connectivity index (χ3n) is 3.27. The van der Waals surface area contributed by atoms with Crippen LogP contribution in [0.5, 0.6) is 5.75 Å². The molecule has 0 saturated heterocycles. The van der Waals surface area contributed by atoms with Crippen LogP contribution in [0.4, 0.5) is 0 Å². The molecule has 1 aromatic carbocycles. The molecular formula is C15H13NO4. The topological polar surface area (TPSA) is 59.8 Å². The lowest BCUT2D eigenvalue weighted by molar-refractivity contribution is 0.0796. The maximum absolute atomic E-state index is 12.2. The molecule has 0 fully saturated rings. The van der Waals surface area contributed by atoms with Gasteiger partial charge in [-0.3, -0.25) is 9.59 Å². The molecule has 0 saturated carbocycles. The van der Waals surface area contributed by atoms with Gasteiger partial charge in [-0.1, -0.05) is 0 Å². The standard InChI is InChI=1S/C15H13NO4/c1-16-6-7-19-14-4-2-10(8-12(14)15(16)18)13-5-3-11(9-17)20-13/h2-5,8-9H,6-7H2,1H3. The molecule has 0 spiro atoms. The lowest BCUT2D eigenvalue weighted by atomic mass is 10.1. The second kappa shape index (κ2) is 4.85. The van der Waals surface area contributed by atoms with Crippen LogP contribution in [-0.4, -0.2) is 37.3 Å². The number of hydrogen-bond acceptors (Lipinski definition) is 4. The van der Waals surface area contributed by atoms with Gasteiger partial charge in [0.15, 0.2) is 12.0 Å². The summed E-state index contributed by atoms with van der Waals surface area (Å²) in [7, 11) is 1.74. The molecule has 0 bridgehead atoms. The van der Waals surface area contributed by atoms with E-state index >= 15 is 0 Å². The molecule has 20 heavy (non-hydrogen) atoms. The van der Waals surface area contributed by atoms with Crippen LogP contribution in [0.25, 0.3) is 11.3 Å². The van der Waals surface area contributed by atoms with E-state index in [4.69, 9.17) is 9.15 Å². The Kier molecular flexibility index (Phi) is 3.02. The van der Waals surface area contributed by atoms with E-state index in [-0.39, 0.29) is 11.7 Å². The van der Waals surface area contributed by atoms with Crippen LogP contribution in [-0.2, 0) is 0 Å². The van der Waals surface area contributed by atoms with Crippen molar-refractivity contribution in [3.8, 4) is 17.1 Å². The summed E-state index contributed by atoms with van der Waals surface area (Å²) in [5.74, 6) is 1.30. The Morgan fingerprint density at radius 1 is 1.25 bits per heavy atom. The first-order valence-corrected chi connectivity index (χ1v) is 6.27. The summed E-state index contributed by atoms with van der Waals surface area (Å²) in [6.07, 6.45) is 0.648. The number of ether oxygens (including phenoxy) is 1. The largest absolute Gasteiger partial charge is 0.491 e. The number of carbonyl (C=O) groups is 2. The molecule has 102 valence electrons. The molecule has 3 rings (SSSR count). The zero-order valence-electron chi connectivity index (χ0n) is 11.0. The van der Waals surface area contributed by atoms with Crippen LogP contribution >= 0.6 is 0 Å². The van der Waals surface area contributed by atoms with Gasteiger partial charge in [-0.15, -0.1) is 0 Å². The Morgan fingerprint density at radius 3 is 2.85 bits per heavy atom. The highest BCUT2D eigenvalue weighted by molar-refractivity contribution is 5.98. The Labute approximate surface area is 115 Å². The zero-order chi connectivity index (χ0) is 14.1. The van der Waals surface area contributed by atoms with Crippen molar-refractivity contribution in [3.05, 3.63) is 41.7 Å². The van der Waals surface area contributed by atoms with Crippen LogP contribution in [0.1, 0.15) is 20.9 Å². The first-order valence-electron chi connectivity index (χ1n) is 6.27. The Hall–Kier alpha value is -2.56. The number of amides is 1. The van der Waals surface area contributed by atoms with Crippen molar-refractivity contribution in [3.63, 3.8) is 0 Å². The van der Waals surface area contributed by atoms with Crippen molar-refractivity contribution in [1.82, 2.24) is 4.90 Å².